The summed E-state index contributed by atoms with van der Waals surface area (Å²) >= 11 is 2.63. The first-order valence-corrected chi connectivity index (χ1v) is 12.7. The molecule has 0 atom stereocenters. The van der Waals surface area contributed by atoms with E-state index in [1.807, 2.05) is 67.6 Å². The molecular weight excluding hydrogens is 462 g/mol. The van der Waals surface area contributed by atoms with Crippen molar-refractivity contribution in [3.05, 3.63) is 94.5 Å². The molecule has 3 heterocycles. The summed E-state index contributed by atoms with van der Waals surface area (Å²) in [4.78, 5) is 27.7. The molecule has 5 aromatic rings. The maximum absolute atomic E-state index is 13.2. The zero-order chi connectivity index (χ0) is 23.8. The van der Waals surface area contributed by atoms with Gasteiger partial charge in [0.05, 0.1) is 27.2 Å². The number of benzene rings is 2. The third-order valence-corrected chi connectivity index (χ3v) is 7.99. The fraction of sp³-hybridized carbons (Fsp3) is 0.143. The first-order valence-electron chi connectivity index (χ1n) is 11.1. The van der Waals surface area contributed by atoms with E-state index in [1.165, 1.54) is 23.1 Å². The molecule has 2 aromatic carbocycles. The minimum Gasteiger partial charge on any atom is -0.462 e. The van der Waals surface area contributed by atoms with Gasteiger partial charge in [0, 0.05) is 17.3 Å². The number of thioether (sulfide) groups is 1. The van der Waals surface area contributed by atoms with Gasteiger partial charge in [-0.05, 0) is 49.2 Å². The lowest BCUT2D eigenvalue weighted by Crippen LogP contribution is -2.04. The number of ether oxygens (including phenoxy) is 1. The summed E-state index contributed by atoms with van der Waals surface area (Å²) < 4.78 is 8.49. The van der Waals surface area contributed by atoms with Gasteiger partial charge in [0.15, 0.2) is 0 Å². The molecule has 0 aliphatic carbocycles. The molecule has 5 rings (SSSR count). The number of carbonyl (C=O) groups is 2. The van der Waals surface area contributed by atoms with E-state index in [2.05, 4.69) is 30.5 Å². The van der Waals surface area contributed by atoms with Crippen LogP contribution in [0.25, 0.3) is 26.9 Å². The van der Waals surface area contributed by atoms with Crippen LogP contribution in [0.2, 0.25) is 0 Å². The minimum absolute atomic E-state index is 0.0256. The van der Waals surface area contributed by atoms with Crippen molar-refractivity contribution in [2.45, 2.75) is 25.7 Å². The molecule has 170 valence electrons. The van der Waals surface area contributed by atoms with E-state index < -0.39 is 0 Å². The number of nitrogens with zero attached hydrogens (tertiary/aromatic N) is 1. The fourth-order valence-corrected chi connectivity index (χ4v) is 6.70. The molecule has 6 heteroatoms. The van der Waals surface area contributed by atoms with Crippen LogP contribution in [-0.4, -0.2) is 22.1 Å². The average Bonchev–Trinajstić information content (AvgIpc) is 3.36. The molecule has 0 amide bonds. The number of hydrogen-bond acceptors (Lipinski definition) is 5. The zero-order valence-electron chi connectivity index (χ0n) is 19.1. The van der Waals surface area contributed by atoms with Crippen LogP contribution in [0.15, 0.2) is 77.8 Å². The van der Waals surface area contributed by atoms with Crippen molar-refractivity contribution in [3.63, 3.8) is 0 Å². The lowest BCUT2D eigenvalue weighted by molar-refractivity contribution is 0.0533. The Morgan fingerprint density at radius 3 is 2.32 bits per heavy atom. The molecule has 0 spiro atoms. The average molecular weight is 486 g/mol. The van der Waals surface area contributed by atoms with Gasteiger partial charge in [-0.25, -0.2) is 4.79 Å². The quantitative estimate of drug-likeness (QED) is 0.190. The van der Waals surface area contributed by atoms with E-state index in [4.69, 9.17) is 4.74 Å². The number of pyridine rings is 1. The number of rotatable bonds is 5. The second-order valence-corrected chi connectivity index (χ2v) is 10.1. The fourth-order valence-electron chi connectivity index (χ4n) is 4.32. The molecular formula is C28H23NO3S2. The van der Waals surface area contributed by atoms with Crippen molar-refractivity contribution in [2.75, 3.05) is 6.61 Å². The summed E-state index contributed by atoms with van der Waals surface area (Å²) in [6.45, 7) is 6.23. The Balaban J connectivity index is 1.84. The van der Waals surface area contributed by atoms with E-state index in [9.17, 15) is 9.59 Å². The standard InChI is InChI=1S/C28H23NO3S2/c1-4-32-27(30)24-21(19-11-7-5-8-12-19)23-26(33-24)25(22-18(3)15-17(2)16-29(22)23)34-28(31)20-13-9-6-10-14-20/h5-16H,4H2,1-3H3. The van der Waals surface area contributed by atoms with Crippen molar-refractivity contribution >= 4 is 49.9 Å². The Morgan fingerprint density at radius 1 is 0.971 bits per heavy atom. The number of hydrogen-bond donors (Lipinski definition) is 0. The SMILES string of the molecule is CCOC(=O)c1sc2c(SC(=O)c3ccccc3)c3c(C)cc(C)cn3c2c1-c1ccccc1. The van der Waals surface area contributed by atoms with Crippen molar-refractivity contribution in [1.29, 1.82) is 0 Å². The lowest BCUT2D eigenvalue weighted by atomic mass is 10.1. The number of carbonyl (C=O) groups excluding carboxylic acids is 2. The summed E-state index contributed by atoms with van der Waals surface area (Å²) in [5, 5.41) is -0.0256. The van der Waals surface area contributed by atoms with E-state index in [-0.39, 0.29) is 11.1 Å². The van der Waals surface area contributed by atoms with Crippen molar-refractivity contribution in [2.24, 2.45) is 0 Å². The molecule has 4 nitrogen and oxygen atoms in total. The van der Waals surface area contributed by atoms with Gasteiger partial charge in [-0.2, -0.15) is 0 Å². The predicted octanol–water partition coefficient (Wildman–Crippen LogP) is 7.55. The summed E-state index contributed by atoms with van der Waals surface area (Å²) in [6, 6.07) is 21.3. The van der Waals surface area contributed by atoms with Crippen LogP contribution >= 0.6 is 23.1 Å². The Hall–Kier alpha value is -3.35. The molecule has 3 aromatic heterocycles. The minimum atomic E-state index is -0.342. The van der Waals surface area contributed by atoms with E-state index >= 15 is 0 Å². The van der Waals surface area contributed by atoms with Crippen molar-refractivity contribution in [1.82, 2.24) is 4.40 Å². The van der Waals surface area contributed by atoms with Crippen LogP contribution in [0.4, 0.5) is 0 Å². The highest BCUT2D eigenvalue weighted by molar-refractivity contribution is 8.14. The van der Waals surface area contributed by atoms with Gasteiger partial charge in [0.2, 0.25) is 5.12 Å². The van der Waals surface area contributed by atoms with Crippen LogP contribution in [0.5, 0.6) is 0 Å². The second kappa shape index (κ2) is 9.12. The van der Waals surface area contributed by atoms with Crippen LogP contribution < -0.4 is 0 Å². The number of aromatic nitrogens is 1. The highest BCUT2D eigenvalue weighted by atomic mass is 32.2. The van der Waals surface area contributed by atoms with Gasteiger partial charge in [-0.3, -0.25) is 4.79 Å². The summed E-state index contributed by atoms with van der Waals surface area (Å²) in [6.07, 6.45) is 2.08. The molecule has 0 bridgehead atoms. The first-order chi connectivity index (χ1) is 16.5. The Labute approximate surface area is 206 Å². The van der Waals surface area contributed by atoms with Gasteiger partial charge in [0.1, 0.15) is 4.88 Å². The van der Waals surface area contributed by atoms with Crippen molar-refractivity contribution < 1.29 is 14.3 Å². The Kier molecular flexibility index (Phi) is 6.02. The van der Waals surface area contributed by atoms with Crippen molar-refractivity contribution in [3.8, 4) is 11.1 Å². The highest BCUT2D eigenvalue weighted by Gasteiger charge is 2.28. The maximum Gasteiger partial charge on any atom is 0.349 e. The molecule has 0 N–H and O–H groups in total. The molecule has 34 heavy (non-hydrogen) atoms. The molecule has 0 aliphatic heterocycles. The van der Waals surface area contributed by atoms with Gasteiger partial charge < -0.3 is 9.14 Å². The number of esters is 1. The first kappa shape index (κ1) is 22.4. The van der Waals surface area contributed by atoms with Gasteiger partial charge in [-0.1, -0.05) is 66.7 Å². The summed E-state index contributed by atoms with van der Waals surface area (Å²) in [5.41, 5.74) is 6.56. The normalized spacial score (nSPS) is 11.3. The summed E-state index contributed by atoms with van der Waals surface area (Å²) in [7, 11) is 0. The molecule has 0 fully saturated rings. The van der Waals surface area contributed by atoms with Gasteiger partial charge in [0.25, 0.3) is 0 Å². The van der Waals surface area contributed by atoms with Gasteiger partial charge >= 0.3 is 5.97 Å². The summed E-state index contributed by atoms with van der Waals surface area (Å²) in [5.74, 6) is -0.342. The molecule has 0 unspecified atom stereocenters. The van der Waals surface area contributed by atoms with E-state index in [0.29, 0.717) is 17.0 Å². The number of fused-ring (bicyclic) bond motifs is 3. The third-order valence-electron chi connectivity index (χ3n) is 5.66. The molecule has 0 saturated heterocycles. The van der Waals surface area contributed by atoms with Crippen LogP contribution in [0.3, 0.4) is 0 Å². The van der Waals surface area contributed by atoms with E-state index in [1.54, 1.807) is 0 Å². The van der Waals surface area contributed by atoms with Crippen LogP contribution in [0.1, 0.15) is 38.1 Å². The lowest BCUT2D eigenvalue weighted by Gasteiger charge is -2.09. The Morgan fingerprint density at radius 2 is 1.65 bits per heavy atom. The molecule has 0 radical (unpaired) electrons. The Bertz CT molecular complexity index is 1530. The number of aryl methyl sites for hydroxylation is 2. The third kappa shape index (κ3) is 3.83. The van der Waals surface area contributed by atoms with Crippen LogP contribution in [-0.2, 0) is 4.74 Å². The topological polar surface area (TPSA) is 47.8 Å². The molecule has 0 saturated carbocycles. The van der Waals surface area contributed by atoms with Gasteiger partial charge in [-0.15, -0.1) is 11.3 Å². The number of thiophene rings is 1. The van der Waals surface area contributed by atoms with E-state index in [0.717, 1.165) is 42.9 Å². The second-order valence-electron chi connectivity index (χ2n) is 8.07. The van der Waals surface area contributed by atoms with Crippen LogP contribution in [0, 0.1) is 13.8 Å². The largest absolute Gasteiger partial charge is 0.462 e. The smallest absolute Gasteiger partial charge is 0.349 e. The highest BCUT2D eigenvalue weighted by Crippen LogP contribution is 2.48. The molecule has 0 aliphatic rings. The monoisotopic (exact) mass is 485 g/mol. The maximum atomic E-state index is 13.2. The predicted molar refractivity (Wildman–Crippen MR) is 140 cm³/mol. The zero-order valence-corrected chi connectivity index (χ0v) is 20.8.